The van der Waals surface area contributed by atoms with Crippen molar-refractivity contribution >= 4 is 5.91 Å². The number of aliphatic hydroxyl groups excluding tert-OH is 1. The molecule has 1 aromatic heterocycles. The van der Waals surface area contributed by atoms with E-state index < -0.39 is 0 Å². The highest BCUT2D eigenvalue weighted by Crippen LogP contribution is 2.05. The Morgan fingerprint density at radius 1 is 1.38 bits per heavy atom. The summed E-state index contributed by atoms with van der Waals surface area (Å²) in [7, 11) is 0. The number of nitrogens with one attached hydrogen (secondary N) is 1. The molecular formula is C16H21N3O2. The lowest BCUT2D eigenvalue weighted by Gasteiger charge is -2.14. The number of carbonyl (C=O) groups is 1. The summed E-state index contributed by atoms with van der Waals surface area (Å²) in [5, 5.41) is 11.5. The molecule has 1 aliphatic heterocycles. The first kappa shape index (κ1) is 15.5. The van der Waals surface area contributed by atoms with Gasteiger partial charge in [0.1, 0.15) is 5.69 Å². The monoisotopic (exact) mass is 287 g/mol. The standard InChI is InChI=1S/C16H21N3O2/c20-12-4-1-5-14-6-7-15(18-13-14)16(21)17-8-11-19-9-2-3-10-19/h6-7,13,20H,2-4,8-12H2,(H,17,21). The SMILES string of the molecule is O=C(NCCN1CCCC1)c1ccc(C#CCCO)cn1. The van der Waals surface area contributed by atoms with Gasteiger partial charge < -0.3 is 15.3 Å². The minimum Gasteiger partial charge on any atom is -0.395 e. The Morgan fingerprint density at radius 2 is 2.19 bits per heavy atom. The third-order valence-corrected chi connectivity index (χ3v) is 3.38. The van der Waals surface area contributed by atoms with Crippen molar-refractivity contribution in [1.82, 2.24) is 15.2 Å². The average Bonchev–Trinajstić information content (AvgIpc) is 3.01. The predicted octanol–water partition coefficient (Wildman–Crippen LogP) is 0.641. The molecule has 1 amide bonds. The lowest BCUT2D eigenvalue weighted by molar-refractivity contribution is 0.0945. The van der Waals surface area contributed by atoms with Crippen LogP contribution >= 0.6 is 0 Å². The summed E-state index contributed by atoms with van der Waals surface area (Å²) in [4.78, 5) is 18.4. The molecule has 2 rings (SSSR count). The average molecular weight is 287 g/mol. The predicted molar refractivity (Wildman–Crippen MR) is 80.8 cm³/mol. The van der Waals surface area contributed by atoms with Crippen molar-refractivity contribution in [3.63, 3.8) is 0 Å². The van der Waals surface area contributed by atoms with Crippen LogP contribution in [0.25, 0.3) is 0 Å². The van der Waals surface area contributed by atoms with Crippen molar-refractivity contribution in [2.24, 2.45) is 0 Å². The van der Waals surface area contributed by atoms with Crippen LogP contribution in [0, 0.1) is 11.8 Å². The molecule has 2 heterocycles. The molecule has 1 fully saturated rings. The number of hydrogen-bond acceptors (Lipinski definition) is 4. The van der Waals surface area contributed by atoms with Gasteiger partial charge in [0.2, 0.25) is 0 Å². The highest BCUT2D eigenvalue weighted by Gasteiger charge is 2.12. The summed E-state index contributed by atoms with van der Waals surface area (Å²) in [6.07, 6.45) is 4.54. The van der Waals surface area contributed by atoms with Gasteiger partial charge >= 0.3 is 0 Å². The largest absolute Gasteiger partial charge is 0.395 e. The van der Waals surface area contributed by atoms with E-state index in [0.29, 0.717) is 18.7 Å². The Balaban J connectivity index is 1.78. The van der Waals surface area contributed by atoms with E-state index in [4.69, 9.17) is 5.11 Å². The fourth-order valence-corrected chi connectivity index (χ4v) is 2.25. The molecule has 0 aromatic carbocycles. The minimum atomic E-state index is -0.149. The maximum Gasteiger partial charge on any atom is 0.269 e. The second-order valence-electron chi connectivity index (χ2n) is 5.01. The molecule has 5 nitrogen and oxygen atoms in total. The molecule has 0 saturated carbocycles. The second kappa shape index (κ2) is 8.40. The van der Waals surface area contributed by atoms with Crippen LogP contribution in [0.15, 0.2) is 18.3 Å². The summed E-state index contributed by atoms with van der Waals surface area (Å²) >= 11 is 0. The van der Waals surface area contributed by atoms with Crippen LogP contribution in [-0.2, 0) is 0 Å². The first-order valence-electron chi connectivity index (χ1n) is 7.36. The van der Waals surface area contributed by atoms with Gasteiger partial charge in [0.15, 0.2) is 0 Å². The number of aliphatic hydroxyl groups is 1. The maximum absolute atomic E-state index is 11.9. The minimum absolute atomic E-state index is 0.0535. The van der Waals surface area contributed by atoms with Gasteiger partial charge in [0, 0.05) is 31.3 Å². The quantitative estimate of drug-likeness (QED) is 0.780. The Bertz CT molecular complexity index is 511. The van der Waals surface area contributed by atoms with Crippen LogP contribution in [-0.4, -0.2) is 53.7 Å². The van der Waals surface area contributed by atoms with Crippen molar-refractivity contribution in [3.05, 3.63) is 29.6 Å². The normalized spacial score (nSPS) is 14.5. The smallest absolute Gasteiger partial charge is 0.269 e. The Hall–Kier alpha value is -1.90. The third kappa shape index (κ3) is 5.18. The number of pyridine rings is 1. The van der Waals surface area contributed by atoms with E-state index >= 15 is 0 Å². The van der Waals surface area contributed by atoms with Crippen molar-refractivity contribution in [2.45, 2.75) is 19.3 Å². The number of aromatic nitrogens is 1. The van der Waals surface area contributed by atoms with Crippen molar-refractivity contribution in [2.75, 3.05) is 32.8 Å². The molecule has 112 valence electrons. The lowest BCUT2D eigenvalue weighted by atomic mass is 10.2. The van der Waals surface area contributed by atoms with Gasteiger partial charge in [-0.25, -0.2) is 4.98 Å². The van der Waals surface area contributed by atoms with Crippen LogP contribution in [0.1, 0.15) is 35.3 Å². The van der Waals surface area contributed by atoms with E-state index in [1.807, 2.05) is 0 Å². The zero-order valence-electron chi connectivity index (χ0n) is 12.1. The Morgan fingerprint density at radius 3 is 2.86 bits per heavy atom. The lowest BCUT2D eigenvalue weighted by Crippen LogP contribution is -2.33. The summed E-state index contributed by atoms with van der Waals surface area (Å²) in [5.41, 5.74) is 1.15. The molecule has 0 unspecified atom stereocenters. The molecule has 1 aliphatic rings. The molecule has 0 atom stereocenters. The molecule has 0 radical (unpaired) electrons. The molecule has 0 bridgehead atoms. The zero-order valence-corrected chi connectivity index (χ0v) is 12.1. The second-order valence-corrected chi connectivity index (χ2v) is 5.01. The molecule has 0 aliphatic carbocycles. The van der Waals surface area contributed by atoms with Gasteiger partial charge in [0.05, 0.1) is 6.61 Å². The van der Waals surface area contributed by atoms with E-state index in [9.17, 15) is 4.79 Å². The maximum atomic E-state index is 11.9. The number of carbonyl (C=O) groups excluding carboxylic acids is 1. The number of likely N-dealkylation sites (tertiary alicyclic amines) is 1. The van der Waals surface area contributed by atoms with E-state index in [1.54, 1.807) is 18.3 Å². The summed E-state index contributed by atoms with van der Waals surface area (Å²) < 4.78 is 0. The molecule has 2 N–H and O–H groups in total. The molecule has 1 saturated heterocycles. The third-order valence-electron chi connectivity index (χ3n) is 3.38. The first-order valence-corrected chi connectivity index (χ1v) is 7.36. The fraction of sp³-hybridized carbons (Fsp3) is 0.500. The van der Waals surface area contributed by atoms with Crippen LogP contribution in [0.3, 0.4) is 0 Å². The van der Waals surface area contributed by atoms with Gasteiger partial charge in [-0.05, 0) is 38.1 Å². The highest BCUT2D eigenvalue weighted by atomic mass is 16.2. The Kier molecular flexibility index (Phi) is 6.20. The van der Waals surface area contributed by atoms with Gasteiger partial charge in [-0.15, -0.1) is 0 Å². The van der Waals surface area contributed by atoms with Gasteiger partial charge in [-0.2, -0.15) is 0 Å². The summed E-state index contributed by atoms with van der Waals surface area (Å²) in [6, 6.07) is 3.45. The fourth-order valence-electron chi connectivity index (χ4n) is 2.25. The summed E-state index contributed by atoms with van der Waals surface area (Å²) in [6.45, 7) is 3.87. The van der Waals surface area contributed by atoms with Gasteiger partial charge in [0.25, 0.3) is 5.91 Å². The number of hydrogen-bond donors (Lipinski definition) is 2. The zero-order chi connectivity index (χ0) is 14.9. The van der Waals surface area contributed by atoms with E-state index in [1.165, 1.54) is 12.8 Å². The van der Waals surface area contributed by atoms with E-state index in [-0.39, 0.29) is 12.5 Å². The molecular weight excluding hydrogens is 266 g/mol. The van der Waals surface area contributed by atoms with Gasteiger partial charge in [-0.1, -0.05) is 11.8 Å². The van der Waals surface area contributed by atoms with Crippen LogP contribution in [0.5, 0.6) is 0 Å². The number of amides is 1. The molecule has 21 heavy (non-hydrogen) atoms. The molecule has 5 heteroatoms. The van der Waals surface area contributed by atoms with E-state index in [2.05, 4.69) is 27.0 Å². The Labute approximate surface area is 125 Å². The molecule has 1 aromatic rings. The van der Waals surface area contributed by atoms with Crippen molar-refractivity contribution < 1.29 is 9.90 Å². The highest BCUT2D eigenvalue weighted by molar-refractivity contribution is 5.92. The van der Waals surface area contributed by atoms with Crippen LogP contribution < -0.4 is 5.32 Å². The summed E-state index contributed by atoms with van der Waals surface area (Å²) in [5.74, 6) is 5.55. The molecule has 0 spiro atoms. The topological polar surface area (TPSA) is 65.5 Å². The van der Waals surface area contributed by atoms with Crippen LogP contribution in [0.2, 0.25) is 0 Å². The number of nitrogens with zero attached hydrogens (tertiary/aromatic N) is 2. The van der Waals surface area contributed by atoms with Crippen molar-refractivity contribution in [1.29, 1.82) is 0 Å². The van der Waals surface area contributed by atoms with E-state index in [0.717, 1.165) is 25.2 Å². The number of rotatable bonds is 5. The van der Waals surface area contributed by atoms with Crippen molar-refractivity contribution in [3.8, 4) is 11.8 Å². The van der Waals surface area contributed by atoms with Gasteiger partial charge in [-0.3, -0.25) is 4.79 Å². The van der Waals surface area contributed by atoms with Crippen LogP contribution in [0.4, 0.5) is 0 Å². The first-order chi connectivity index (χ1) is 10.3.